The Morgan fingerprint density at radius 2 is 1.86 bits per heavy atom. The molecule has 3 aromatic rings. The van der Waals surface area contributed by atoms with Crippen molar-refractivity contribution in [3.8, 4) is 5.75 Å². The van der Waals surface area contributed by atoms with Gasteiger partial charge in [-0.3, -0.25) is 19.3 Å². The highest BCUT2D eigenvalue weighted by Crippen LogP contribution is 2.40. The van der Waals surface area contributed by atoms with Crippen molar-refractivity contribution < 1.29 is 45.6 Å². The number of ether oxygens (including phenoxy) is 1. The predicted octanol–water partition coefficient (Wildman–Crippen LogP) is 4.16. The number of alkyl halides is 5. The molecule has 2 unspecified atom stereocenters. The van der Waals surface area contributed by atoms with Gasteiger partial charge in [0.15, 0.2) is 6.61 Å². The Balaban J connectivity index is 0.000000657. The summed E-state index contributed by atoms with van der Waals surface area (Å²) in [6.07, 6.45) is -7.70. The third-order valence-electron chi connectivity index (χ3n) is 6.60. The average Bonchev–Trinajstić information content (AvgIpc) is 3.35. The van der Waals surface area contributed by atoms with Crippen molar-refractivity contribution in [2.45, 2.75) is 44.5 Å². The van der Waals surface area contributed by atoms with Crippen LogP contribution in [0.4, 0.5) is 27.6 Å². The molecule has 15 heteroatoms. The first-order valence-electron chi connectivity index (χ1n) is 13.3. The Bertz CT molecular complexity index is 1510. The number of anilines is 1. The van der Waals surface area contributed by atoms with Crippen molar-refractivity contribution in [3.63, 3.8) is 0 Å². The second-order valence-electron chi connectivity index (χ2n) is 10.1. The van der Waals surface area contributed by atoms with E-state index in [2.05, 4.69) is 20.0 Å². The molecule has 3 amide bonds. The number of aliphatic imine (C=N–C) groups is 1. The molecule has 2 aliphatic rings. The Morgan fingerprint density at radius 3 is 2.45 bits per heavy atom. The molecule has 44 heavy (non-hydrogen) atoms. The van der Waals surface area contributed by atoms with Gasteiger partial charge < -0.3 is 20.3 Å². The maximum absolute atomic E-state index is 14.6. The zero-order chi connectivity index (χ0) is 32.1. The molecule has 0 saturated carbocycles. The van der Waals surface area contributed by atoms with Crippen LogP contribution in [0.1, 0.15) is 36.1 Å². The second kappa shape index (κ2) is 13.2. The van der Waals surface area contributed by atoms with Crippen LogP contribution in [0.5, 0.6) is 5.75 Å². The minimum atomic E-state index is -4.61. The number of nitrogens with zero attached hydrogens (tertiary/aromatic N) is 3. The van der Waals surface area contributed by atoms with E-state index in [9.17, 15) is 36.3 Å². The lowest BCUT2D eigenvalue weighted by Crippen LogP contribution is -2.52. The average molecular weight is 622 g/mol. The molecule has 3 N–H and O–H groups in total. The predicted molar refractivity (Wildman–Crippen MR) is 147 cm³/mol. The molecule has 2 atom stereocenters. The highest BCUT2D eigenvalue weighted by molar-refractivity contribution is 6.21. The van der Waals surface area contributed by atoms with Crippen molar-refractivity contribution in [1.82, 2.24) is 10.5 Å². The van der Waals surface area contributed by atoms with Crippen LogP contribution >= 0.6 is 0 Å². The van der Waals surface area contributed by atoms with Gasteiger partial charge in [-0.25, -0.2) is 13.8 Å². The number of amides is 3. The standard InChI is InChI=1S/C25H23F5N4O4.C4H5NO/c26-24(27)12-34-20-16(7-4-8-17(20)38-13-24)19(14-5-2-1-3-6-14)32-21(23(34)37)33-22(36)15(11-18(31)35)9-10-25(28,29)30;1-4-2-3-6-5-4/h1-8,15,21H,9-13H2,(H2,31,35)(H,33,36);2-3H,1H3. The summed E-state index contributed by atoms with van der Waals surface area (Å²) in [5, 5.41) is 5.80. The van der Waals surface area contributed by atoms with Gasteiger partial charge in [-0.05, 0) is 19.4 Å². The maximum atomic E-state index is 14.6. The molecule has 0 radical (unpaired) electrons. The summed E-state index contributed by atoms with van der Waals surface area (Å²) in [5.41, 5.74) is 7.01. The van der Waals surface area contributed by atoms with E-state index in [1.807, 2.05) is 6.92 Å². The minimum absolute atomic E-state index is 0.000384. The number of para-hydroxylation sites is 1. The summed E-state index contributed by atoms with van der Waals surface area (Å²) < 4.78 is 77.5. The summed E-state index contributed by atoms with van der Waals surface area (Å²) in [6.45, 7) is -0.206. The van der Waals surface area contributed by atoms with Crippen molar-refractivity contribution >= 4 is 29.1 Å². The fourth-order valence-electron chi connectivity index (χ4n) is 4.59. The van der Waals surface area contributed by atoms with Gasteiger partial charge in [-0.2, -0.15) is 13.2 Å². The van der Waals surface area contributed by atoms with E-state index in [0.29, 0.717) is 5.56 Å². The number of nitrogens with two attached hydrogens (primary N) is 1. The van der Waals surface area contributed by atoms with Crippen molar-refractivity contribution in [3.05, 3.63) is 77.7 Å². The number of halogens is 5. The quantitative estimate of drug-likeness (QED) is 0.380. The van der Waals surface area contributed by atoms with E-state index in [0.717, 1.165) is 10.6 Å². The van der Waals surface area contributed by atoms with Crippen LogP contribution in [-0.4, -0.2) is 60.0 Å². The van der Waals surface area contributed by atoms with Gasteiger partial charge in [0.1, 0.15) is 12.0 Å². The van der Waals surface area contributed by atoms with Crippen molar-refractivity contribution in [2.75, 3.05) is 18.1 Å². The van der Waals surface area contributed by atoms with Crippen LogP contribution in [0.2, 0.25) is 0 Å². The lowest BCUT2D eigenvalue weighted by molar-refractivity contribution is -0.143. The maximum Gasteiger partial charge on any atom is 0.389 e. The number of rotatable bonds is 7. The van der Waals surface area contributed by atoms with Crippen LogP contribution in [0.15, 0.2) is 70.4 Å². The molecule has 0 fully saturated rings. The summed E-state index contributed by atoms with van der Waals surface area (Å²) in [5.74, 6) is -8.13. The molecular formula is C29H28F5N5O5. The number of carbonyl (C=O) groups is 3. The molecular weight excluding hydrogens is 593 g/mol. The SMILES string of the molecule is Cc1ccon1.NC(=O)CC(CCC(F)(F)F)C(=O)NC1N=C(c2ccccc2)c2cccc3c2N(CC(F)(F)CO3)C1=O. The lowest BCUT2D eigenvalue weighted by Gasteiger charge is -2.27. The Kier molecular flexibility index (Phi) is 9.65. The summed E-state index contributed by atoms with van der Waals surface area (Å²) in [4.78, 5) is 43.2. The number of primary amides is 1. The Hall–Kier alpha value is -4.82. The fourth-order valence-corrected chi connectivity index (χ4v) is 4.59. The van der Waals surface area contributed by atoms with Gasteiger partial charge in [0.25, 0.3) is 11.8 Å². The molecule has 0 spiro atoms. The minimum Gasteiger partial charge on any atom is -0.485 e. The first kappa shape index (κ1) is 32.1. The Labute approximate surface area is 248 Å². The number of aryl methyl sites for hydroxylation is 1. The molecule has 2 aliphatic heterocycles. The summed E-state index contributed by atoms with van der Waals surface area (Å²) in [7, 11) is 0. The highest BCUT2D eigenvalue weighted by Gasteiger charge is 2.44. The molecule has 10 nitrogen and oxygen atoms in total. The third-order valence-corrected chi connectivity index (χ3v) is 6.60. The van der Waals surface area contributed by atoms with Gasteiger partial charge >= 0.3 is 6.18 Å². The molecule has 0 aliphatic carbocycles. The number of carbonyl (C=O) groups excluding carboxylic acids is 3. The smallest absolute Gasteiger partial charge is 0.389 e. The van der Waals surface area contributed by atoms with E-state index < -0.39 is 74.3 Å². The van der Waals surface area contributed by atoms with Gasteiger partial charge in [0.2, 0.25) is 18.0 Å². The number of nitrogens with one attached hydrogen (secondary N) is 1. The van der Waals surface area contributed by atoms with Crippen molar-refractivity contribution in [2.24, 2.45) is 16.6 Å². The van der Waals surface area contributed by atoms with Crippen LogP contribution in [0, 0.1) is 12.8 Å². The topological polar surface area (TPSA) is 140 Å². The second-order valence-corrected chi connectivity index (χ2v) is 10.1. The monoisotopic (exact) mass is 621 g/mol. The number of hydrogen-bond donors (Lipinski definition) is 2. The van der Waals surface area contributed by atoms with Gasteiger partial charge in [-0.15, -0.1) is 0 Å². The van der Waals surface area contributed by atoms with E-state index in [1.165, 1.54) is 12.1 Å². The zero-order valence-corrected chi connectivity index (χ0v) is 23.3. The highest BCUT2D eigenvalue weighted by atomic mass is 19.4. The molecule has 2 aromatic carbocycles. The zero-order valence-electron chi connectivity index (χ0n) is 23.3. The molecule has 1 aromatic heterocycles. The molecule has 3 heterocycles. The van der Waals surface area contributed by atoms with E-state index in [4.69, 9.17) is 10.5 Å². The Morgan fingerprint density at radius 1 is 1.14 bits per heavy atom. The van der Waals surface area contributed by atoms with E-state index in [-0.39, 0.29) is 22.7 Å². The number of hydrogen-bond acceptors (Lipinski definition) is 7. The molecule has 0 bridgehead atoms. The van der Waals surface area contributed by atoms with Crippen LogP contribution in [0.3, 0.4) is 0 Å². The van der Waals surface area contributed by atoms with Gasteiger partial charge in [0, 0.05) is 36.0 Å². The molecule has 5 rings (SSSR count). The normalized spacial score (nSPS) is 17.9. The van der Waals surface area contributed by atoms with Gasteiger partial charge in [-0.1, -0.05) is 47.6 Å². The van der Waals surface area contributed by atoms with Crippen molar-refractivity contribution in [1.29, 1.82) is 0 Å². The largest absolute Gasteiger partial charge is 0.485 e. The summed E-state index contributed by atoms with van der Waals surface area (Å²) in [6, 6.07) is 14.7. The molecule has 0 saturated heterocycles. The van der Waals surface area contributed by atoms with Crippen LogP contribution in [-0.2, 0) is 14.4 Å². The lowest BCUT2D eigenvalue weighted by atomic mass is 9.97. The molecule has 234 valence electrons. The van der Waals surface area contributed by atoms with E-state index >= 15 is 0 Å². The van der Waals surface area contributed by atoms with Crippen LogP contribution in [0.25, 0.3) is 0 Å². The third kappa shape index (κ3) is 8.17. The van der Waals surface area contributed by atoms with E-state index in [1.54, 1.807) is 48.7 Å². The fraction of sp³-hybridized carbons (Fsp3) is 0.345. The first-order valence-corrected chi connectivity index (χ1v) is 13.3. The van der Waals surface area contributed by atoms with Gasteiger partial charge in [0.05, 0.1) is 23.6 Å². The summed E-state index contributed by atoms with van der Waals surface area (Å²) >= 11 is 0. The number of aromatic nitrogens is 1. The van der Waals surface area contributed by atoms with Crippen LogP contribution < -0.4 is 20.7 Å². The first-order chi connectivity index (χ1) is 20.7. The number of benzene rings is 2.